The van der Waals surface area contributed by atoms with Gasteiger partial charge in [-0.05, 0) is 40.2 Å². The van der Waals surface area contributed by atoms with Gasteiger partial charge in [0.15, 0.2) is 0 Å². The van der Waals surface area contributed by atoms with Crippen LogP contribution in [-0.2, 0) is 14.8 Å². The molecule has 0 aromatic heterocycles. The molecule has 5 nitrogen and oxygen atoms in total. The minimum Gasteiger partial charge on any atom is -0.325 e. The normalized spacial score (nSPS) is 11.0. The van der Waals surface area contributed by atoms with Crippen LogP contribution in [-0.4, -0.2) is 27.1 Å². The van der Waals surface area contributed by atoms with Gasteiger partial charge in [-0.3, -0.25) is 9.10 Å². The predicted octanol–water partition coefficient (Wildman–Crippen LogP) is 3.24. The number of para-hydroxylation sites is 2. The third kappa shape index (κ3) is 4.80. The average Bonchev–Trinajstić information content (AvgIpc) is 2.55. The molecular formula is C16H17BrN2O3S. The highest BCUT2D eigenvalue weighted by Crippen LogP contribution is 2.21. The molecule has 122 valence electrons. The Morgan fingerprint density at radius 3 is 2.35 bits per heavy atom. The van der Waals surface area contributed by atoms with Crippen molar-refractivity contribution < 1.29 is 13.2 Å². The molecular weight excluding hydrogens is 380 g/mol. The van der Waals surface area contributed by atoms with Crippen molar-refractivity contribution in [3.8, 4) is 0 Å². The Bertz CT molecular complexity index is 779. The number of halogens is 1. The Kier molecular flexibility index (Phi) is 5.79. The second-order valence-electron chi connectivity index (χ2n) is 4.90. The Morgan fingerprint density at radius 2 is 1.70 bits per heavy atom. The van der Waals surface area contributed by atoms with E-state index >= 15 is 0 Å². The number of hydrogen-bond acceptors (Lipinski definition) is 3. The molecule has 1 N–H and O–H groups in total. The van der Waals surface area contributed by atoms with E-state index in [1.807, 2.05) is 12.1 Å². The van der Waals surface area contributed by atoms with E-state index in [4.69, 9.17) is 0 Å². The number of anilines is 2. The predicted molar refractivity (Wildman–Crippen MR) is 96.0 cm³/mol. The minimum absolute atomic E-state index is 0.110. The maximum Gasteiger partial charge on any atom is 0.235 e. The van der Waals surface area contributed by atoms with E-state index < -0.39 is 10.0 Å². The van der Waals surface area contributed by atoms with Crippen molar-refractivity contribution in [3.05, 3.63) is 59.1 Å². The summed E-state index contributed by atoms with van der Waals surface area (Å²) in [4.78, 5) is 12.0. The van der Waals surface area contributed by atoms with Crippen LogP contribution in [0.2, 0.25) is 0 Å². The van der Waals surface area contributed by atoms with E-state index in [2.05, 4.69) is 21.2 Å². The van der Waals surface area contributed by atoms with E-state index in [9.17, 15) is 13.2 Å². The Balaban J connectivity index is 1.96. The van der Waals surface area contributed by atoms with Gasteiger partial charge in [0.1, 0.15) is 0 Å². The third-order valence-corrected chi connectivity index (χ3v) is 5.73. The monoisotopic (exact) mass is 396 g/mol. The van der Waals surface area contributed by atoms with Gasteiger partial charge in [0, 0.05) is 17.9 Å². The molecule has 2 aromatic rings. The molecule has 0 saturated carbocycles. The first-order chi connectivity index (χ1) is 10.9. The van der Waals surface area contributed by atoms with Gasteiger partial charge in [0.05, 0.1) is 17.1 Å². The van der Waals surface area contributed by atoms with Gasteiger partial charge in [-0.2, -0.15) is 0 Å². The summed E-state index contributed by atoms with van der Waals surface area (Å²) in [5.41, 5.74) is 1.19. The summed E-state index contributed by atoms with van der Waals surface area (Å²) in [6.45, 7) is 0. The number of nitrogens with one attached hydrogen (secondary N) is 1. The van der Waals surface area contributed by atoms with Gasteiger partial charge in [-0.25, -0.2) is 8.42 Å². The molecule has 0 atom stereocenters. The lowest BCUT2D eigenvalue weighted by Crippen LogP contribution is -2.30. The third-order valence-electron chi connectivity index (χ3n) is 3.27. The second kappa shape index (κ2) is 7.61. The van der Waals surface area contributed by atoms with E-state index in [0.29, 0.717) is 11.4 Å². The van der Waals surface area contributed by atoms with Crippen LogP contribution >= 0.6 is 15.9 Å². The number of benzene rings is 2. The molecule has 0 saturated heterocycles. The van der Waals surface area contributed by atoms with Crippen molar-refractivity contribution in [1.29, 1.82) is 0 Å². The van der Waals surface area contributed by atoms with Gasteiger partial charge >= 0.3 is 0 Å². The zero-order chi connectivity index (χ0) is 16.9. The maximum absolute atomic E-state index is 12.3. The van der Waals surface area contributed by atoms with Crippen molar-refractivity contribution in [2.75, 3.05) is 22.4 Å². The molecule has 0 aliphatic carbocycles. The standard InChI is InChI=1S/C16H17BrN2O3S/c1-19(13-7-3-2-4-8-13)23(21,22)12-11-16(20)18-15-10-6-5-9-14(15)17/h2-10H,11-12H2,1H3,(H,18,20). The molecule has 23 heavy (non-hydrogen) atoms. The van der Waals surface area contributed by atoms with E-state index in [-0.39, 0.29) is 18.1 Å². The molecule has 0 aliphatic rings. The Labute approximate surface area is 144 Å². The molecule has 0 fully saturated rings. The average molecular weight is 397 g/mol. The van der Waals surface area contributed by atoms with Gasteiger partial charge in [-0.1, -0.05) is 30.3 Å². The van der Waals surface area contributed by atoms with Crippen molar-refractivity contribution >= 4 is 43.2 Å². The van der Waals surface area contributed by atoms with Crippen molar-refractivity contribution in [1.82, 2.24) is 0 Å². The topological polar surface area (TPSA) is 66.5 Å². The van der Waals surface area contributed by atoms with Crippen LogP contribution in [0.4, 0.5) is 11.4 Å². The molecule has 2 rings (SSSR count). The van der Waals surface area contributed by atoms with Crippen LogP contribution in [0, 0.1) is 0 Å². The molecule has 0 aliphatic heterocycles. The van der Waals surface area contributed by atoms with Gasteiger partial charge < -0.3 is 5.32 Å². The summed E-state index contributed by atoms with van der Waals surface area (Å²) < 4.78 is 26.5. The first kappa shape index (κ1) is 17.5. The van der Waals surface area contributed by atoms with Gasteiger partial charge in [0.25, 0.3) is 0 Å². The second-order valence-corrected chi connectivity index (χ2v) is 7.87. The lowest BCUT2D eigenvalue weighted by Gasteiger charge is -2.19. The highest BCUT2D eigenvalue weighted by molar-refractivity contribution is 9.10. The van der Waals surface area contributed by atoms with Crippen LogP contribution in [0.5, 0.6) is 0 Å². The first-order valence-electron chi connectivity index (χ1n) is 6.96. The lowest BCUT2D eigenvalue weighted by molar-refractivity contribution is -0.115. The lowest BCUT2D eigenvalue weighted by atomic mass is 10.3. The number of amides is 1. The fraction of sp³-hybridized carbons (Fsp3) is 0.188. The van der Waals surface area contributed by atoms with E-state index in [1.165, 1.54) is 11.4 Å². The van der Waals surface area contributed by atoms with E-state index in [1.54, 1.807) is 42.5 Å². The highest BCUT2D eigenvalue weighted by atomic mass is 79.9. The summed E-state index contributed by atoms with van der Waals surface area (Å²) in [5.74, 6) is -0.601. The van der Waals surface area contributed by atoms with Gasteiger partial charge in [-0.15, -0.1) is 0 Å². The first-order valence-corrected chi connectivity index (χ1v) is 9.36. The highest BCUT2D eigenvalue weighted by Gasteiger charge is 2.20. The number of hydrogen-bond donors (Lipinski definition) is 1. The molecule has 1 amide bonds. The quantitative estimate of drug-likeness (QED) is 0.814. The van der Waals surface area contributed by atoms with Crippen molar-refractivity contribution in [3.63, 3.8) is 0 Å². The van der Waals surface area contributed by atoms with Crippen LogP contribution in [0.15, 0.2) is 59.1 Å². The van der Waals surface area contributed by atoms with Crippen LogP contribution in [0.3, 0.4) is 0 Å². The summed E-state index contributed by atoms with van der Waals surface area (Å²) in [6.07, 6.45) is -0.110. The number of carbonyl (C=O) groups is 1. The maximum atomic E-state index is 12.3. The summed E-state index contributed by atoms with van der Waals surface area (Å²) >= 11 is 3.33. The molecule has 0 unspecified atom stereocenters. The molecule has 0 bridgehead atoms. The zero-order valence-electron chi connectivity index (χ0n) is 12.6. The number of carbonyl (C=O) groups excluding carboxylic acids is 1. The number of nitrogens with zero attached hydrogens (tertiary/aromatic N) is 1. The zero-order valence-corrected chi connectivity index (χ0v) is 15.0. The molecule has 0 heterocycles. The largest absolute Gasteiger partial charge is 0.325 e. The molecule has 0 spiro atoms. The van der Waals surface area contributed by atoms with Crippen molar-refractivity contribution in [2.24, 2.45) is 0 Å². The SMILES string of the molecule is CN(c1ccccc1)S(=O)(=O)CCC(=O)Nc1ccccc1Br. The Morgan fingerprint density at radius 1 is 1.09 bits per heavy atom. The minimum atomic E-state index is -3.55. The summed E-state index contributed by atoms with van der Waals surface area (Å²) in [6, 6.07) is 15.9. The number of sulfonamides is 1. The smallest absolute Gasteiger partial charge is 0.235 e. The number of rotatable bonds is 6. The van der Waals surface area contributed by atoms with Crippen LogP contribution < -0.4 is 9.62 Å². The van der Waals surface area contributed by atoms with Crippen LogP contribution in [0.1, 0.15) is 6.42 Å². The van der Waals surface area contributed by atoms with Crippen LogP contribution in [0.25, 0.3) is 0 Å². The fourth-order valence-electron chi connectivity index (χ4n) is 1.93. The molecule has 0 radical (unpaired) electrons. The van der Waals surface area contributed by atoms with Crippen molar-refractivity contribution in [2.45, 2.75) is 6.42 Å². The Hall–Kier alpha value is -1.86. The van der Waals surface area contributed by atoms with Gasteiger partial charge in [0.2, 0.25) is 15.9 Å². The summed E-state index contributed by atoms with van der Waals surface area (Å²) in [5, 5.41) is 2.69. The van der Waals surface area contributed by atoms with E-state index in [0.717, 1.165) is 4.47 Å². The summed E-state index contributed by atoms with van der Waals surface area (Å²) in [7, 11) is -2.07. The molecule has 7 heteroatoms. The fourth-order valence-corrected chi connectivity index (χ4v) is 3.48. The molecule has 2 aromatic carbocycles.